The van der Waals surface area contributed by atoms with Crippen molar-refractivity contribution in [2.45, 2.75) is 32.7 Å². The Morgan fingerprint density at radius 3 is 2.70 bits per heavy atom. The smallest absolute Gasteiger partial charge is 0.147 e. The van der Waals surface area contributed by atoms with Gasteiger partial charge in [0.2, 0.25) is 0 Å². The summed E-state index contributed by atoms with van der Waals surface area (Å²) >= 11 is 3.28. The summed E-state index contributed by atoms with van der Waals surface area (Å²) in [6.07, 6.45) is 4.39. The molecule has 1 heterocycles. The van der Waals surface area contributed by atoms with Gasteiger partial charge in [0.15, 0.2) is 0 Å². The average Bonchev–Trinajstić information content (AvgIpc) is 2.41. The Kier molecular flexibility index (Phi) is 5.61. The summed E-state index contributed by atoms with van der Waals surface area (Å²) in [6, 6.07) is 5.55. The van der Waals surface area contributed by atoms with Crippen LogP contribution in [0.1, 0.15) is 26.7 Å². The Hall–Kier alpha value is -0.870. The van der Waals surface area contributed by atoms with Gasteiger partial charge >= 0.3 is 0 Å². The predicted molar refractivity (Wildman–Crippen MR) is 86.6 cm³/mol. The number of allylic oxidation sites excluding steroid dienone is 1. The van der Waals surface area contributed by atoms with Crippen molar-refractivity contribution in [2.24, 2.45) is 0 Å². The van der Waals surface area contributed by atoms with Crippen LogP contribution in [0.25, 0.3) is 0 Å². The molecular weight excluding hydrogens is 319 g/mol. The van der Waals surface area contributed by atoms with Crippen molar-refractivity contribution in [3.8, 4) is 0 Å². The highest BCUT2D eigenvalue weighted by Crippen LogP contribution is 2.22. The number of hydrogen-bond donors (Lipinski definition) is 1. The number of likely N-dealkylation sites (tertiary alicyclic amines) is 1. The molecule has 4 heteroatoms. The van der Waals surface area contributed by atoms with E-state index < -0.39 is 0 Å². The molecule has 0 radical (unpaired) electrons. The van der Waals surface area contributed by atoms with Gasteiger partial charge in [0.25, 0.3) is 0 Å². The number of hydrogen-bond acceptors (Lipinski definition) is 2. The summed E-state index contributed by atoms with van der Waals surface area (Å²) in [6.45, 7) is 7.43. The van der Waals surface area contributed by atoms with Crippen molar-refractivity contribution in [3.63, 3.8) is 0 Å². The summed E-state index contributed by atoms with van der Waals surface area (Å²) < 4.78 is 14.6. The number of nitrogens with one attached hydrogen (secondary N) is 1. The molecule has 0 unspecified atom stereocenters. The van der Waals surface area contributed by atoms with Gasteiger partial charge in [0.05, 0.1) is 5.69 Å². The molecule has 1 saturated heterocycles. The maximum absolute atomic E-state index is 13.8. The zero-order valence-electron chi connectivity index (χ0n) is 12.1. The average molecular weight is 341 g/mol. The van der Waals surface area contributed by atoms with Gasteiger partial charge in [-0.2, -0.15) is 0 Å². The first-order valence-electron chi connectivity index (χ1n) is 7.12. The molecule has 2 rings (SSSR count). The molecule has 1 N–H and O–H groups in total. The minimum Gasteiger partial charge on any atom is -0.380 e. The predicted octanol–water partition coefficient (Wildman–Crippen LogP) is 4.43. The van der Waals surface area contributed by atoms with E-state index in [-0.39, 0.29) is 5.82 Å². The van der Waals surface area contributed by atoms with E-state index in [4.69, 9.17) is 0 Å². The van der Waals surface area contributed by atoms with Crippen LogP contribution in [-0.2, 0) is 0 Å². The minimum atomic E-state index is -0.189. The maximum atomic E-state index is 13.8. The van der Waals surface area contributed by atoms with E-state index in [2.05, 4.69) is 46.1 Å². The van der Waals surface area contributed by atoms with E-state index in [1.807, 2.05) is 6.07 Å². The van der Waals surface area contributed by atoms with Crippen LogP contribution in [-0.4, -0.2) is 30.6 Å². The van der Waals surface area contributed by atoms with Crippen LogP contribution in [0.15, 0.2) is 34.3 Å². The minimum absolute atomic E-state index is 0.189. The van der Waals surface area contributed by atoms with E-state index in [1.165, 1.54) is 11.6 Å². The fourth-order valence-corrected chi connectivity index (χ4v) is 2.73. The number of benzene rings is 1. The number of piperidine rings is 1. The topological polar surface area (TPSA) is 15.3 Å². The highest BCUT2D eigenvalue weighted by Gasteiger charge is 2.19. The lowest BCUT2D eigenvalue weighted by Gasteiger charge is -2.32. The molecule has 0 amide bonds. The van der Waals surface area contributed by atoms with Crippen molar-refractivity contribution in [1.82, 2.24) is 4.90 Å². The Morgan fingerprint density at radius 2 is 2.10 bits per heavy atom. The zero-order chi connectivity index (χ0) is 14.5. The molecule has 1 aliphatic rings. The van der Waals surface area contributed by atoms with E-state index in [0.29, 0.717) is 11.7 Å². The van der Waals surface area contributed by atoms with Gasteiger partial charge in [-0.15, -0.1) is 0 Å². The third-order valence-corrected chi connectivity index (χ3v) is 4.13. The van der Waals surface area contributed by atoms with Crippen molar-refractivity contribution >= 4 is 21.6 Å². The SMILES string of the molecule is CC(C)=CCN1CCC(Nc2ccc(Br)cc2F)CC1. The van der Waals surface area contributed by atoms with E-state index >= 15 is 0 Å². The van der Waals surface area contributed by atoms with Crippen LogP contribution in [0.5, 0.6) is 0 Å². The van der Waals surface area contributed by atoms with Crippen molar-refractivity contribution < 1.29 is 4.39 Å². The van der Waals surface area contributed by atoms with Crippen LogP contribution in [0.3, 0.4) is 0 Å². The third-order valence-electron chi connectivity index (χ3n) is 3.64. The Bertz CT molecular complexity index is 475. The second-order valence-corrected chi connectivity index (χ2v) is 6.54. The van der Waals surface area contributed by atoms with Crippen LogP contribution in [0.2, 0.25) is 0 Å². The largest absolute Gasteiger partial charge is 0.380 e. The molecule has 110 valence electrons. The normalized spacial score (nSPS) is 17.0. The van der Waals surface area contributed by atoms with Crippen LogP contribution in [0.4, 0.5) is 10.1 Å². The molecule has 1 aromatic rings. The molecular formula is C16H22BrFN2. The first-order chi connectivity index (χ1) is 9.54. The Morgan fingerprint density at radius 1 is 1.40 bits per heavy atom. The van der Waals surface area contributed by atoms with Gasteiger partial charge in [0.1, 0.15) is 5.82 Å². The summed E-state index contributed by atoms with van der Waals surface area (Å²) in [4.78, 5) is 2.45. The van der Waals surface area contributed by atoms with Crippen molar-refractivity contribution in [3.05, 3.63) is 40.1 Å². The molecule has 0 saturated carbocycles. The number of rotatable bonds is 4. The van der Waals surface area contributed by atoms with E-state index in [1.54, 1.807) is 6.07 Å². The lowest BCUT2D eigenvalue weighted by molar-refractivity contribution is 0.239. The van der Waals surface area contributed by atoms with Crippen LogP contribution < -0.4 is 5.32 Å². The van der Waals surface area contributed by atoms with E-state index in [0.717, 1.165) is 36.9 Å². The van der Waals surface area contributed by atoms with Gasteiger partial charge in [-0.05, 0) is 44.9 Å². The van der Waals surface area contributed by atoms with Crippen LogP contribution >= 0.6 is 15.9 Å². The first-order valence-corrected chi connectivity index (χ1v) is 7.91. The fraction of sp³-hybridized carbons (Fsp3) is 0.500. The molecule has 0 atom stereocenters. The highest BCUT2D eigenvalue weighted by atomic mass is 79.9. The van der Waals surface area contributed by atoms with Crippen LogP contribution in [0, 0.1) is 5.82 Å². The molecule has 20 heavy (non-hydrogen) atoms. The van der Waals surface area contributed by atoms with Gasteiger partial charge in [-0.3, -0.25) is 4.90 Å². The van der Waals surface area contributed by atoms with Gasteiger partial charge in [-0.25, -0.2) is 4.39 Å². The molecule has 1 fully saturated rings. The molecule has 0 spiro atoms. The lowest BCUT2D eigenvalue weighted by atomic mass is 10.0. The number of nitrogens with zero attached hydrogens (tertiary/aromatic N) is 1. The number of halogens is 2. The Labute approximate surface area is 129 Å². The molecule has 0 aliphatic carbocycles. The maximum Gasteiger partial charge on any atom is 0.147 e. The molecule has 2 nitrogen and oxygen atoms in total. The molecule has 0 bridgehead atoms. The fourth-order valence-electron chi connectivity index (χ4n) is 2.40. The number of anilines is 1. The van der Waals surface area contributed by atoms with E-state index in [9.17, 15) is 4.39 Å². The first kappa shape index (κ1) is 15.5. The molecule has 1 aliphatic heterocycles. The second-order valence-electron chi connectivity index (χ2n) is 5.62. The van der Waals surface area contributed by atoms with Crippen molar-refractivity contribution in [2.75, 3.05) is 25.0 Å². The highest BCUT2D eigenvalue weighted by molar-refractivity contribution is 9.10. The Balaban J connectivity index is 1.83. The summed E-state index contributed by atoms with van der Waals surface area (Å²) in [5, 5.41) is 3.32. The second kappa shape index (κ2) is 7.23. The lowest BCUT2D eigenvalue weighted by Crippen LogP contribution is -2.39. The summed E-state index contributed by atoms with van der Waals surface area (Å²) in [5.41, 5.74) is 1.97. The molecule has 0 aromatic heterocycles. The summed E-state index contributed by atoms with van der Waals surface area (Å²) in [5.74, 6) is -0.189. The van der Waals surface area contributed by atoms with Crippen molar-refractivity contribution in [1.29, 1.82) is 0 Å². The van der Waals surface area contributed by atoms with Gasteiger partial charge < -0.3 is 5.32 Å². The molecule has 1 aromatic carbocycles. The summed E-state index contributed by atoms with van der Waals surface area (Å²) in [7, 11) is 0. The van der Waals surface area contributed by atoms with Gasteiger partial charge in [0, 0.05) is 30.1 Å². The quantitative estimate of drug-likeness (QED) is 0.815. The third kappa shape index (κ3) is 4.60. The standard InChI is InChI=1S/C16H22BrFN2/c1-12(2)5-8-20-9-6-14(7-10-20)19-16-4-3-13(17)11-15(16)18/h3-5,11,14,19H,6-10H2,1-2H3. The zero-order valence-corrected chi connectivity index (χ0v) is 13.7. The van der Waals surface area contributed by atoms with Gasteiger partial charge in [-0.1, -0.05) is 27.6 Å². The monoisotopic (exact) mass is 340 g/mol.